The van der Waals surface area contributed by atoms with Crippen molar-refractivity contribution in [2.75, 3.05) is 0 Å². The van der Waals surface area contributed by atoms with Crippen molar-refractivity contribution in [3.05, 3.63) is 0 Å². The van der Waals surface area contributed by atoms with Gasteiger partial charge < -0.3 is 0 Å². The smallest absolute Gasteiger partial charge is 0.148 e. The van der Waals surface area contributed by atoms with Gasteiger partial charge in [0.05, 0.1) is 0 Å². The largest absolute Gasteiger partial charge is 0.166 e. The Labute approximate surface area is 125 Å². The lowest BCUT2D eigenvalue weighted by atomic mass is 9.41. The van der Waals surface area contributed by atoms with Gasteiger partial charge in [-0.1, -0.05) is 57.7 Å². The Hall–Kier alpha value is 0.480. The second-order valence-corrected chi connectivity index (χ2v) is 10.4. The summed E-state index contributed by atoms with van der Waals surface area (Å²) in [5.41, 5.74) is 0. The summed E-state index contributed by atoms with van der Waals surface area (Å²) >= 11 is 2.45. The van der Waals surface area contributed by atoms with Gasteiger partial charge in [-0.15, -0.1) is 0 Å². The van der Waals surface area contributed by atoms with Gasteiger partial charge in [-0.2, -0.15) is 11.8 Å². The van der Waals surface area contributed by atoms with E-state index in [1.165, 1.54) is 71.5 Å². The maximum atomic E-state index is 2.58. The van der Waals surface area contributed by atoms with Crippen molar-refractivity contribution in [1.82, 2.24) is 0 Å². The minimum atomic E-state index is 0.614. The van der Waals surface area contributed by atoms with E-state index in [4.69, 9.17) is 0 Å². The summed E-state index contributed by atoms with van der Waals surface area (Å²) in [6, 6.07) is 0. The third-order valence-corrected chi connectivity index (χ3v) is 8.55. The maximum absolute atomic E-state index is 2.58. The SMILES string of the molecule is BC1(SC23BC(C(C)C)(CCC2)CC3)CCCCC1. The molecule has 0 aromatic heterocycles. The molecule has 0 nitrogen and oxygen atoms in total. The topological polar surface area (TPSA) is 0 Å². The average Bonchev–Trinajstić information content (AvgIpc) is 2.62. The van der Waals surface area contributed by atoms with Crippen molar-refractivity contribution in [2.24, 2.45) is 5.92 Å². The fraction of sp³-hybridized carbons (Fsp3) is 1.00. The molecule has 2 aliphatic heterocycles. The predicted octanol–water partition coefficient (Wildman–Crippen LogP) is 3.94. The van der Waals surface area contributed by atoms with Crippen LogP contribution in [0, 0.1) is 5.92 Å². The Morgan fingerprint density at radius 3 is 2.32 bits per heavy atom. The third-order valence-electron chi connectivity index (χ3n) is 6.66. The molecule has 19 heavy (non-hydrogen) atoms. The minimum Gasteiger partial charge on any atom is -0.166 e. The lowest BCUT2D eigenvalue weighted by molar-refractivity contribution is 0.367. The van der Waals surface area contributed by atoms with Gasteiger partial charge >= 0.3 is 0 Å². The predicted molar refractivity (Wildman–Crippen MR) is 92.4 cm³/mol. The summed E-state index contributed by atoms with van der Waals surface area (Å²) in [6.07, 6.45) is 15.0. The average molecular weight is 276 g/mol. The van der Waals surface area contributed by atoms with E-state index in [-0.39, 0.29) is 0 Å². The quantitative estimate of drug-likeness (QED) is 0.703. The van der Waals surface area contributed by atoms with Crippen LogP contribution in [0.25, 0.3) is 0 Å². The van der Waals surface area contributed by atoms with Crippen molar-refractivity contribution in [3.8, 4) is 0 Å². The zero-order chi connectivity index (χ0) is 13.6. The number of hydrogen-bond donors (Lipinski definition) is 0. The van der Waals surface area contributed by atoms with E-state index >= 15 is 0 Å². The molecule has 3 fully saturated rings. The molecule has 3 heteroatoms. The van der Waals surface area contributed by atoms with E-state index in [0.29, 0.717) is 9.29 Å². The molecule has 3 aliphatic rings. The van der Waals surface area contributed by atoms with Gasteiger partial charge in [-0.3, -0.25) is 0 Å². The molecule has 2 heterocycles. The molecule has 0 aromatic carbocycles. The van der Waals surface area contributed by atoms with Gasteiger partial charge in [-0.05, 0) is 40.9 Å². The lowest BCUT2D eigenvalue weighted by Crippen LogP contribution is -2.43. The molecule has 106 valence electrons. The summed E-state index contributed by atoms with van der Waals surface area (Å²) in [5.74, 6) is 0.898. The Morgan fingerprint density at radius 2 is 1.63 bits per heavy atom. The van der Waals surface area contributed by atoms with Crippen LogP contribution in [0.4, 0.5) is 0 Å². The Balaban J connectivity index is 1.74. The van der Waals surface area contributed by atoms with Crippen LogP contribution in [0.5, 0.6) is 0 Å². The van der Waals surface area contributed by atoms with E-state index in [1.807, 2.05) is 0 Å². The summed E-state index contributed by atoms with van der Waals surface area (Å²) in [7, 11) is 4.12. The summed E-state index contributed by atoms with van der Waals surface area (Å²) in [5, 5.41) is 0.719. The zero-order valence-electron chi connectivity index (χ0n) is 13.3. The van der Waals surface area contributed by atoms with Crippen LogP contribution in [0.15, 0.2) is 0 Å². The summed E-state index contributed by atoms with van der Waals surface area (Å²) in [6.45, 7) is 4.96. The zero-order valence-corrected chi connectivity index (χ0v) is 14.1. The number of hydrogen-bond acceptors (Lipinski definition) is 1. The van der Waals surface area contributed by atoms with Crippen molar-refractivity contribution >= 4 is 26.9 Å². The molecule has 3 rings (SSSR count). The first-order valence-corrected chi connectivity index (χ1v) is 9.50. The number of rotatable bonds is 3. The highest BCUT2D eigenvalue weighted by molar-refractivity contribution is 8.04. The first-order chi connectivity index (χ1) is 8.98. The fourth-order valence-electron chi connectivity index (χ4n) is 5.33. The van der Waals surface area contributed by atoms with Crippen molar-refractivity contribution < 1.29 is 0 Å². The third kappa shape index (κ3) is 2.65. The van der Waals surface area contributed by atoms with Crippen molar-refractivity contribution in [1.29, 1.82) is 0 Å². The normalized spacial score (nSPS) is 41.2. The molecule has 2 saturated heterocycles. The van der Waals surface area contributed by atoms with Crippen molar-refractivity contribution in [3.63, 3.8) is 0 Å². The van der Waals surface area contributed by atoms with Gasteiger partial charge in [-0.25, -0.2) is 0 Å². The van der Waals surface area contributed by atoms with Crippen LogP contribution in [-0.4, -0.2) is 24.4 Å². The van der Waals surface area contributed by atoms with Crippen LogP contribution in [0.2, 0.25) is 5.31 Å². The molecule has 2 unspecified atom stereocenters. The molecule has 0 aromatic rings. The first-order valence-electron chi connectivity index (χ1n) is 8.68. The van der Waals surface area contributed by atoms with Crippen molar-refractivity contribution in [2.45, 2.75) is 92.7 Å². The van der Waals surface area contributed by atoms with E-state index in [9.17, 15) is 0 Å². The monoisotopic (exact) mass is 276 g/mol. The number of thioether (sulfide) groups is 1. The van der Waals surface area contributed by atoms with Crippen LogP contribution in [0.3, 0.4) is 0 Å². The van der Waals surface area contributed by atoms with E-state index in [0.717, 1.165) is 11.2 Å². The maximum Gasteiger partial charge on any atom is 0.148 e. The molecular weight excluding hydrogens is 246 g/mol. The van der Waals surface area contributed by atoms with Gasteiger partial charge in [0.1, 0.15) is 15.1 Å². The summed E-state index contributed by atoms with van der Waals surface area (Å²) in [4.78, 5) is 0. The minimum absolute atomic E-state index is 0.614. The van der Waals surface area contributed by atoms with Gasteiger partial charge in [0.2, 0.25) is 0 Å². The van der Waals surface area contributed by atoms with Crippen LogP contribution < -0.4 is 0 Å². The molecule has 0 radical (unpaired) electrons. The molecular formula is C16H30B2S. The Bertz CT molecular complexity index is 338. The van der Waals surface area contributed by atoms with E-state index < -0.39 is 0 Å². The Morgan fingerprint density at radius 1 is 0.895 bits per heavy atom. The van der Waals surface area contributed by atoms with Gasteiger partial charge in [0.25, 0.3) is 0 Å². The second kappa shape index (κ2) is 5.04. The molecule has 0 spiro atoms. The fourth-order valence-corrected chi connectivity index (χ4v) is 7.68. The number of fused-ring (bicyclic) bond motifs is 2. The highest BCUT2D eigenvalue weighted by atomic mass is 32.2. The highest BCUT2D eigenvalue weighted by Crippen LogP contribution is 2.63. The molecule has 0 N–H and O–H groups in total. The molecule has 1 aliphatic carbocycles. The van der Waals surface area contributed by atoms with Gasteiger partial charge in [0.15, 0.2) is 0 Å². The molecule has 2 bridgehead atoms. The van der Waals surface area contributed by atoms with E-state index in [1.54, 1.807) is 0 Å². The van der Waals surface area contributed by atoms with Crippen LogP contribution in [0.1, 0.15) is 78.1 Å². The summed E-state index contributed by atoms with van der Waals surface area (Å²) < 4.78 is 1.29. The molecule has 0 amide bonds. The Kier molecular flexibility index (Phi) is 3.82. The molecule has 2 atom stereocenters. The first kappa shape index (κ1) is 14.4. The molecule has 1 saturated carbocycles. The lowest BCUT2D eigenvalue weighted by Gasteiger charge is -2.46. The standard InChI is InChI=1S/C16H30B2S/c1-13(2)14-7-6-10-16(18-14,12-11-14)19-15(17)8-4-3-5-9-15/h13,18H,3-12,17H2,1-2H3. The van der Waals surface area contributed by atoms with Crippen LogP contribution >= 0.6 is 11.8 Å². The van der Waals surface area contributed by atoms with Gasteiger partial charge in [0, 0.05) is 0 Å². The van der Waals surface area contributed by atoms with E-state index in [2.05, 4.69) is 33.5 Å². The second-order valence-electron chi connectivity index (χ2n) is 8.34. The van der Waals surface area contributed by atoms with Crippen LogP contribution in [-0.2, 0) is 0 Å². The highest BCUT2D eigenvalue weighted by Gasteiger charge is 2.55.